The lowest BCUT2D eigenvalue weighted by molar-refractivity contribution is -0.138. The summed E-state index contributed by atoms with van der Waals surface area (Å²) < 4.78 is 0.958. The Morgan fingerprint density at radius 2 is 1.86 bits per heavy atom. The van der Waals surface area contributed by atoms with Gasteiger partial charge in [0.1, 0.15) is 6.04 Å². The Bertz CT molecular complexity index is 828. The molecule has 1 N–H and O–H groups in total. The van der Waals surface area contributed by atoms with Crippen molar-refractivity contribution in [1.29, 1.82) is 0 Å². The molecule has 0 aliphatic carbocycles. The molecule has 0 unspecified atom stereocenters. The van der Waals surface area contributed by atoms with Crippen LogP contribution in [0.15, 0.2) is 53.0 Å². The zero-order valence-electron chi connectivity index (χ0n) is 17.3. The van der Waals surface area contributed by atoms with E-state index in [0.717, 1.165) is 22.2 Å². The molecule has 0 aliphatic rings. The van der Waals surface area contributed by atoms with Gasteiger partial charge < -0.3 is 10.2 Å². The van der Waals surface area contributed by atoms with Gasteiger partial charge in [-0.2, -0.15) is 0 Å². The first-order valence-electron chi connectivity index (χ1n) is 9.85. The Kier molecular flexibility index (Phi) is 9.74. The Hall–Kier alpha value is -1.79. The van der Waals surface area contributed by atoms with Gasteiger partial charge in [0.05, 0.1) is 5.75 Å². The van der Waals surface area contributed by atoms with Crippen molar-refractivity contribution >= 4 is 39.5 Å². The van der Waals surface area contributed by atoms with E-state index in [2.05, 4.69) is 46.4 Å². The first kappa shape index (κ1) is 23.5. The summed E-state index contributed by atoms with van der Waals surface area (Å²) in [6.45, 7) is 6.90. The van der Waals surface area contributed by atoms with Crippen molar-refractivity contribution in [2.45, 2.75) is 45.5 Å². The van der Waals surface area contributed by atoms with Gasteiger partial charge in [-0.25, -0.2) is 0 Å². The van der Waals surface area contributed by atoms with Crippen molar-refractivity contribution in [2.75, 3.05) is 12.3 Å². The van der Waals surface area contributed by atoms with Gasteiger partial charge in [0.2, 0.25) is 11.8 Å². The van der Waals surface area contributed by atoms with Crippen LogP contribution in [0.3, 0.4) is 0 Å². The smallest absolute Gasteiger partial charge is 0.242 e. The lowest BCUT2D eigenvalue weighted by Gasteiger charge is -2.29. The second kappa shape index (κ2) is 12.0. The minimum atomic E-state index is -0.521. The Labute approximate surface area is 186 Å². The van der Waals surface area contributed by atoms with E-state index < -0.39 is 6.04 Å². The largest absolute Gasteiger partial charge is 0.354 e. The standard InChI is InChI=1S/C23H29BrN2O2S/c1-4-11-25-23(28)18(3)26(14-19-8-6-10-21(24)13-19)22(27)16-29-15-20-9-5-7-17(2)12-20/h5-10,12-13,18H,4,11,14-16H2,1-3H3,(H,25,28)/t18-/m1/s1. The number of benzene rings is 2. The van der Waals surface area contributed by atoms with Crippen LogP contribution in [0.2, 0.25) is 0 Å². The summed E-state index contributed by atoms with van der Waals surface area (Å²) in [5.41, 5.74) is 3.41. The van der Waals surface area contributed by atoms with Crippen molar-refractivity contribution < 1.29 is 9.59 Å². The van der Waals surface area contributed by atoms with E-state index in [1.54, 1.807) is 23.6 Å². The summed E-state index contributed by atoms with van der Waals surface area (Å²) in [6, 6.07) is 15.6. The van der Waals surface area contributed by atoms with Crippen LogP contribution < -0.4 is 5.32 Å². The highest BCUT2D eigenvalue weighted by Gasteiger charge is 2.25. The molecule has 0 fully saturated rings. The van der Waals surface area contributed by atoms with Crippen LogP contribution >= 0.6 is 27.7 Å². The van der Waals surface area contributed by atoms with Crippen molar-refractivity contribution in [1.82, 2.24) is 10.2 Å². The molecule has 2 rings (SSSR count). The van der Waals surface area contributed by atoms with Crippen LogP contribution in [-0.4, -0.2) is 35.1 Å². The zero-order chi connectivity index (χ0) is 21.2. The second-order valence-corrected chi connectivity index (χ2v) is 9.00. The fraction of sp³-hybridized carbons (Fsp3) is 0.391. The maximum absolute atomic E-state index is 13.0. The fourth-order valence-corrected chi connectivity index (χ4v) is 4.26. The fourth-order valence-electron chi connectivity index (χ4n) is 2.95. The Morgan fingerprint density at radius 3 is 2.55 bits per heavy atom. The molecule has 0 saturated heterocycles. The highest BCUT2D eigenvalue weighted by Crippen LogP contribution is 2.18. The molecule has 0 saturated carbocycles. The molecular formula is C23H29BrN2O2S. The van der Waals surface area contributed by atoms with E-state index in [-0.39, 0.29) is 11.8 Å². The van der Waals surface area contributed by atoms with E-state index in [0.29, 0.717) is 18.8 Å². The van der Waals surface area contributed by atoms with Crippen molar-refractivity contribution in [2.24, 2.45) is 0 Å². The number of rotatable bonds is 10. The van der Waals surface area contributed by atoms with Gasteiger partial charge in [0.25, 0.3) is 0 Å². The molecule has 0 bridgehead atoms. The third kappa shape index (κ3) is 7.86. The third-order valence-electron chi connectivity index (χ3n) is 4.54. The molecule has 156 valence electrons. The van der Waals surface area contributed by atoms with Crippen molar-refractivity contribution in [3.05, 3.63) is 69.7 Å². The minimum Gasteiger partial charge on any atom is -0.354 e. The number of halogens is 1. The average molecular weight is 477 g/mol. The minimum absolute atomic E-state index is 0.0261. The second-order valence-electron chi connectivity index (χ2n) is 7.10. The van der Waals surface area contributed by atoms with E-state index in [1.807, 2.05) is 37.3 Å². The number of amides is 2. The van der Waals surface area contributed by atoms with Gasteiger partial charge in [-0.15, -0.1) is 11.8 Å². The summed E-state index contributed by atoms with van der Waals surface area (Å²) in [6.07, 6.45) is 0.865. The number of hydrogen-bond donors (Lipinski definition) is 1. The van der Waals surface area contributed by atoms with E-state index in [4.69, 9.17) is 0 Å². The third-order valence-corrected chi connectivity index (χ3v) is 6.02. The molecule has 0 aliphatic heterocycles. The Balaban J connectivity index is 2.05. The van der Waals surface area contributed by atoms with Gasteiger partial charge >= 0.3 is 0 Å². The molecule has 6 heteroatoms. The molecule has 1 atom stereocenters. The number of aryl methyl sites for hydroxylation is 1. The van der Waals surface area contributed by atoms with Crippen LogP contribution in [0, 0.1) is 6.92 Å². The lowest BCUT2D eigenvalue weighted by atomic mass is 10.1. The normalized spacial score (nSPS) is 11.7. The number of nitrogens with one attached hydrogen (secondary N) is 1. The molecule has 2 amide bonds. The van der Waals surface area contributed by atoms with Gasteiger partial charge in [-0.05, 0) is 43.5 Å². The quantitative estimate of drug-likeness (QED) is 0.528. The topological polar surface area (TPSA) is 49.4 Å². The predicted octanol–water partition coefficient (Wildman–Crippen LogP) is 4.93. The maximum atomic E-state index is 13.0. The molecule has 0 radical (unpaired) electrons. The predicted molar refractivity (Wildman–Crippen MR) is 125 cm³/mol. The molecule has 0 spiro atoms. The van der Waals surface area contributed by atoms with E-state index >= 15 is 0 Å². The molecule has 2 aromatic carbocycles. The molecule has 4 nitrogen and oxygen atoms in total. The van der Waals surface area contributed by atoms with Crippen LogP contribution in [0.4, 0.5) is 0 Å². The van der Waals surface area contributed by atoms with Crippen LogP contribution in [0.5, 0.6) is 0 Å². The van der Waals surface area contributed by atoms with E-state index in [1.165, 1.54) is 11.1 Å². The summed E-state index contributed by atoms with van der Waals surface area (Å²) in [4.78, 5) is 27.2. The molecule has 0 heterocycles. The highest BCUT2D eigenvalue weighted by molar-refractivity contribution is 9.10. The van der Waals surface area contributed by atoms with Crippen LogP contribution in [0.25, 0.3) is 0 Å². The summed E-state index contributed by atoms with van der Waals surface area (Å²) >= 11 is 5.06. The van der Waals surface area contributed by atoms with Crippen LogP contribution in [-0.2, 0) is 21.9 Å². The van der Waals surface area contributed by atoms with Crippen molar-refractivity contribution in [3.63, 3.8) is 0 Å². The monoisotopic (exact) mass is 476 g/mol. The number of hydrogen-bond acceptors (Lipinski definition) is 3. The number of nitrogens with zero attached hydrogens (tertiary/aromatic N) is 1. The number of thioether (sulfide) groups is 1. The summed E-state index contributed by atoms with van der Waals surface area (Å²) in [7, 11) is 0. The van der Waals surface area contributed by atoms with Crippen LogP contribution in [0.1, 0.15) is 37.0 Å². The van der Waals surface area contributed by atoms with Gasteiger partial charge in [0.15, 0.2) is 0 Å². The Morgan fingerprint density at radius 1 is 1.14 bits per heavy atom. The van der Waals surface area contributed by atoms with Crippen molar-refractivity contribution in [3.8, 4) is 0 Å². The molecule has 0 aromatic heterocycles. The zero-order valence-corrected chi connectivity index (χ0v) is 19.7. The summed E-state index contributed by atoms with van der Waals surface area (Å²) in [5.74, 6) is 0.975. The maximum Gasteiger partial charge on any atom is 0.242 e. The first-order chi connectivity index (χ1) is 13.9. The lowest BCUT2D eigenvalue weighted by Crippen LogP contribution is -2.48. The summed E-state index contributed by atoms with van der Waals surface area (Å²) in [5, 5.41) is 2.90. The average Bonchev–Trinajstić information content (AvgIpc) is 2.69. The van der Waals surface area contributed by atoms with Gasteiger partial charge in [-0.1, -0.05) is 64.8 Å². The first-order valence-corrected chi connectivity index (χ1v) is 11.8. The SMILES string of the molecule is CCCNC(=O)[C@@H](C)N(Cc1cccc(Br)c1)C(=O)CSCc1cccc(C)c1. The number of carbonyl (C=O) groups is 2. The van der Waals surface area contributed by atoms with E-state index in [9.17, 15) is 9.59 Å². The molecule has 2 aromatic rings. The van der Waals surface area contributed by atoms with Gasteiger partial charge in [-0.3, -0.25) is 9.59 Å². The molecule has 29 heavy (non-hydrogen) atoms. The highest BCUT2D eigenvalue weighted by atomic mass is 79.9. The van der Waals surface area contributed by atoms with Gasteiger partial charge in [0, 0.05) is 23.3 Å². The number of carbonyl (C=O) groups excluding carboxylic acids is 2. The molecular weight excluding hydrogens is 448 g/mol.